The fraction of sp³-hybridized carbons (Fsp3) is 0.565. The van der Waals surface area contributed by atoms with E-state index in [1.54, 1.807) is 0 Å². The molecule has 1 saturated carbocycles. The molecule has 3 fully saturated rings. The molecule has 1 aliphatic carbocycles. The summed E-state index contributed by atoms with van der Waals surface area (Å²) in [6.07, 6.45) is 7.81. The van der Waals surface area contributed by atoms with Crippen LogP contribution in [0.2, 0.25) is 5.02 Å². The normalized spacial score (nSPS) is 28.6. The number of halogens is 2. The van der Waals surface area contributed by atoms with Gasteiger partial charge in [-0.15, -0.1) is 0 Å². The molecule has 3 heterocycles. The summed E-state index contributed by atoms with van der Waals surface area (Å²) in [7, 11) is 0. The Labute approximate surface area is 185 Å². The van der Waals surface area contributed by atoms with Gasteiger partial charge >= 0.3 is 0 Å². The van der Waals surface area contributed by atoms with E-state index < -0.39 is 11.2 Å². The van der Waals surface area contributed by atoms with Crippen molar-refractivity contribution in [3.05, 3.63) is 51.4 Å². The molecule has 1 unspecified atom stereocenters. The Kier molecular flexibility index (Phi) is 5.75. The summed E-state index contributed by atoms with van der Waals surface area (Å²) < 4.78 is 27.4. The molecule has 31 heavy (non-hydrogen) atoms. The van der Waals surface area contributed by atoms with Crippen molar-refractivity contribution in [2.24, 2.45) is 5.92 Å². The van der Waals surface area contributed by atoms with Crippen LogP contribution in [-0.2, 0) is 9.47 Å². The van der Waals surface area contributed by atoms with Gasteiger partial charge < -0.3 is 14.8 Å². The number of anilines is 1. The van der Waals surface area contributed by atoms with E-state index in [0.717, 1.165) is 24.3 Å². The molecule has 5 rings (SSSR count). The lowest BCUT2D eigenvalue weighted by Crippen LogP contribution is -2.40. The van der Waals surface area contributed by atoms with Crippen LogP contribution in [0.15, 0.2) is 35.3 Å². The Balaban J connectivity index is 1.28. The Morgan fingerprint density at radius 3 is 2.74 bits per heavy atom. The Hall–Kier alpha value is -1.96. The highest BCUT2D eigenvalue weighted by Crippen LogP contribution is 2.44. The van der Waals surface area contributed by atoms with E-state index in [2.05, 4.69) is 10.4 Å². The molecular weight excluding hydrogens is 421 g/mol. The van der Waals surface area contributed by atoms with Crippen molar-refractivity contribution in [3.8, 4) is 5.69 Å². The lowest BCUT2D eigenvalue weighted by atomic mass is 9.99. The molecular formula is C23H27ClFN3O3. The van der Waals surface area contributed by atoms with Crippen LogP contribution in [0.1, 0.15) is 50.2 Å². The van der Waals surface area contributed by atoms with E-state index >= 15 is 0 Å². The zero-order valence-electron chi connectivity index (χ0n) is 17.4. The van der Waals surface area contributed by atoms with Crippen LogP contribution in [0.3, 0.4) is 0 Å². The Bertz CT molecular complexity index is 987. The van der Waals surface area contributed by atoms with Gasteiger partial charge in [0.2, 0.25) is 0 Å². The number of rotatable bonds is 6. The first-order chi connectivity index (χ1) is 15.0. The van der Waals surface area contributed by atoms with Crippen molar-refractivity contribution in [1.29, 1.82) is 0 Å². The predicted molar refractivity (Wildman–Crippen MR) is 117 cm³/mol. The van der Waals surface area contributed by atoms with Gasteiger partial charge in [0.25, 0.3) is 5.56 Å². The molecule has 0 spiro atoms. The summed E-state index contributed by atoms with van der Waals surface area (Å²) in [6, 6.07) is 7.69. The van der Waals surface area contributed by atoms with E-state index in [0.29, 0.717) is 36.9 Å². The minimum absolute atomic E-state index is 0.00851. The molecule has 6 nitrogen and oxygen atoms in total. The summed E-state index contributed by atoms with van der Waals surface area (Å²) in [5.74, 6) is 0.749. The van der Waals surface area contributed by atoms with Gasteiger partial charge in [-0.3, -0.25) is 4.79 Å². The van der Waals surface area contributed by atoms with Gasteiger partial charge in [0, 0.05) is 6.61 Å². The van der Waals surface area contributed by atoms with Crippen molar-refractivity contribution in [2.45, 2.75) is 56.4 Å². The average molecular weight is 448 g/mol. The van der Waals surface area contributed by atoms with E-state index in [-0.39, 0.29) is 24.3 Å². The smallest absolute Gasteiger partial charge is 0.292 e. The zero-order valence-corrected chi connectivity index (χ0v) is 18.1. The van der Waals surface area contributed by atoms with Crippen molar-refractivity contribution in [1.82, 2.24) is 9.78 Å². The fourth-order valence-electron chi connectivity index (χ4n) is 4.50. The minimum atomic E-state index is -1.47. The average Bonchev–Trinajstić information content (AvgIpc) is 3.52. The standard InChI is InChI=1S/C23H27ClFN3O3/c24-21-18(26-13-23(25)10-1-11-30-14-23)12-27-28(22(21)29)17-6-4-16(5-7-17)20-9-8-19(31-20)15-2-3-15/h4-7,12,15,19-20,26H,1-3,8-11,13-14H2/t19-,20-,23?/m1/s1. The highest BCUT2D eigenvalue weighted by Gasteiger charge is 2.38. The monoisotopic (exact) mass is 447 g/mol. The maximum atomic E-state index is 14.7. The largest absolute Gasteiger partial charge is 0.379 e. The van der Waals surface area contributed by atoms with Crippen LogP contribution in [0.4, 0.5) is 10.1 Å². The molecule has 2 aromatic rings. The summed E-state index contributed by atoms with van der Waals surface area (Å²) in [6.45, 7) is 0.646. The van der Waals surface area contributed by atoms with Gasteiger partial charge in [0.1, 0.15) is 5.02 Å². The summed E-state index contributed by atoms with van der Waals surface area (Å²) >= 11 is 6.29. The molecule has 3 atom stereocenters. The first-order valence-electron chi connectivity index (χ1n) is 11.1. The predicted octanol–water partition coefficient (Wildman–Crippen LogP) is 4.45. The zero-order chi connectivity index (χ0) is 21.4. The molecule has 8 heteroatoms. The molecule has 1 N–H and O–H groups in total. The van der Waals surface area contributed by atoms with Gasteiger partial charge in [0.05, 0.1) is 42.9 Å². The Morgan fingerprint density at radius 1 is 1.23 bits per heavy atom. The van der Waals surface area contributed by atoms with Gasteiger partial charge in [-0.2, -0.15) is 9.78 Å². The number of aromatic nitrogens is 2. The highest BCUT2D eigenvalue weighted by molar-refractivity contribution is 6.32. The van der Waals surface area contributed by atoms with Crippen molar-refractivity contribution < 1.29 is 13.9 Å². The third kappa shape index (κ3) is 4.49. The molecule has 0 bridgehead atoms. The first kappa shape index (κ1) is 20.9. The second kappa shape index (κ2) is 8.52. The molecule has 0 radical (unpaired) electrons. The quantitative estimate of drug-likeness (QED) is 0.708. The third-order valence-corrected chi connectivity index (χ3v) is 6.86. The van der Waals surface area contributed by atoms with Crippen LogP contribution >= 0.6 is 11.6 Å². The van der Waals surface area contributed by atoms with Crippen molar-refractivity contribution in [3.63, 3.8) is 0 Å². The van der Waals surface area contributed by atoms with Crippen LogP contribution in [0.5, 0.6) is 0 Å². The molecule has 2 aliphatic heterocycles. The molecule has 3 aliphatic rings. The number of nitrogens with one attached hydrogen (secondary N) is 1. The summed E-state index contributed by atoms with van der Waals surface area (Å²) in [5, 5.41) is 7.16. The number of hydrogen-bond donors (Lipinski definition) is 1. The van der Waals surface area contributed by atoms with Crippen LogP contribution in [0.25, 0.3) is 5.69 Å². The number of hydrogen-bond acceptors (Lipinski definition) is 5. The van der Waals surface area contributed by atoms with Gasteiger partial charge in [-0.25, -0.2) is 4.39 Å². The maximum Gasteiger partial charge on any atom is 0.292 e. The molecule has 2 saturated heterocycles. The maximum absolute atomic E-state index is 14.7. The summed E-state index contributed by atoms with van der Waals surface area (Å²) in [4.78, 5) is 12.8. The van der Waals surface area contributed by atoms with Crippen molar-refractivity contribution in [2.75, 3.05) is 25.1 Å². The SMILES string of the molecule is O=c1c(Cl)c(NCC2(F)CCCOC2)cnn1-c1ccc([C@H]2CC[C@H](C3CC3)O2)cc1. The minimum Gasteiger partial charge on any atom is -0.379 e. The fourth-order valence-corrected chi connectivity index (χ4v) is 4.70. The molecule has 1 aromatic carbocycles. The second-order valence-electron chi connectivity index (χ2n) is 8.92. The van der Waals surface area contributed by atoms with Gasteiger partial charge in [-0.05, 0) is 62.1 Å². The van der Waals surface area contributed by atoms with E-state index in [1.807, 2.05) is 24.3 Å². The van der Waals surface area contributed by atoms with Crippen molar-refractivity contribution >= 4 is 17.3 Å². The van der Waals surface area contributed by atoms with E-state index in [9.17, 15) is 9.18 Å². The molecule has 1 aromatic heterocycles. The third-order valence-electron chi connectivity index (χ3n) is 6.50. The van der Waals surface area contributed by atoms with E-state index in [1.165, 1.54) is 23.7 Å². The molecule has 0 amide bonds. The number of benzene rings is 1. The number of nitrogens with zero attached hydrogens (tertiary/aromatic N) is 2. The highest BCUT2D eigenvalue weighted by atomic mass is 35.5. The van der Waals surface area contributed by atoms with Crippen LogP contribution in [-0.4, -0.2) is 41.3 Å². The van der Waals surface area contributed by atoms with Gasteiger partial charge in [0.15, 0.2) is 5.67 Å². The van der Waals surface area contributed by atoms with Crippen LogP contribution in [0, 0.1) is 5.92 Å². The lowest BCUT2D eigenvalue weighted by molar-refractivity contribution is -0.0234. The number of alkyl halides is 1. The molecule has 166 valence electrons. The Morgan fingerprint density at radius 2 is 2.03 bits per heavy atom. The summed E-state index contributed by atoms with van der Waals surface area (Å²) in [5.41, 5.74) is 0.159. The van der Waals surface area contributed by atoms with Crippen LogP contribution < -0.4 is 10.9 Å². The van der Waals surface area contributed by atoms with E-state index in [4.69, 9.17) is 21.1 Å². The lowest BCUT2D eigenvalue weighted by Gasteiger charge is -2.29. The van der Waals surface area contributed by atoms with Gasteiger partial charge in [-0.1, -0.05) is 23.7 Å². The first-order valence-corrected chi connectivity index (χ1v) is 11.4. The second-order valence-corrected chi connectivity index (χ2v) is 9.30. The topological polar surface area (TPSA) is 65.4 Å². The number of ether oxygens (including phenoxy) is 2.